The summed E-state index contributed by atoms with van der Waals surface area (Å²) < 4.78 is 16.1. The number of carbonyl (C=O) groups is 1. The van der Waals surface area contributed by atoms with E-state index < -0.39 is 10.9 Å². The molecule has 0 aliphatic heterocycles. The van der Waals surface area contributed by atoms with Crippen LogP contribution in [0.3, 0.4) is 0 Å². The Kier molecular flexibility index (Phi) is 6.97. The molecule has 0 unspecified atom stereocenters. The van der Waals surface area contributed by atoms with Gasteiger partial charge in [0.15, 0.2) is 11.5 Å². The molecule has 3 rings (SSSR count). The van der Waals surface area contributed by atoms with Crippen LogP contribution in [0.5, 0.6) is 11.5 Å². The van der Waals surface area contributed by atoms with Crippen LogP contribution >= 0.6 is 11.3 Å². The van der Waals surface area contributed by atoms with Crippen LogP contribution in [0.25, 0.3) is 0 Å². The number of non-ortho nitro benzene ring substituents is 1. The molecule has 3 aromatic rings. The minimum absolute atomic E-state index is 0.0647. The zero-order chi connectivity index (χ0) is 21.5. The summed E-state index contributed by atoms with van der Waals surface area (Å²) in [5.74, 6) is 0.509. The van der Waals surface area contributed by atoms with Crippen molar-refractivity contribution in [3.63, 3.8) is 0 Å². The zero-order valence-corrected chi connectivity index (χ0v) is 17.3. The monoisotopic (exact) mass is 428 g/mol. The maximum absolute atomic E-state index is 11.8. The Morgan fingerprint density at radius 1 is 1.17 bits per heavy atom. The van der Waals surface area contributed by atoms with Crippen molar-refractivity contribution in [3.8, 4) is 11.5 Å². The first-order chi connectivity index (χ1) is 14.5. The lowest BCUT2D eigenvalue weighted by atomic mass is 10.1. The molecule has 0 amide bonds. The number of rotatable bonds is 9. The Hall–Kier alpha value is -3.46. The highest BCUT2D eigenvalue weighted by atomic mass is 32.1. The van der Waals surface area contributed by atoms with Gasteiger partial charge in [-0.2, -0.15) is 0 Å². The van der Waals surface area contributed by atoms with Crippen molar-refractivity contribution in [1.82, 2.24) is 4.98 Å². The number of nitro benzene ring substituents is 1. The number of nitrogens with zero attached hydrogens (tertiary/aromatic N) is 2. The van der Waals surface area contributed by atoms with Crippen LogP contribution in [0.1, 0.15) is 33.5 Å². The normalized spacial score (nSPS) is 10.5. The quantitative estimate of drug-likeness (QED) is 0.283. The van der Waals surface area contributed by atoms with Gasteiger partial charge in [0, 0.05) is 23.9 Å². The molecule has 0 atom stereocenters. The molecule has 2 aromatic carbocycles. The van der Waals surface area contributed by atoms with Crippen LogP contribution in [-0.4, -0.2) is 29.6 Å². The van der Waals surface area contributed by atoms with Gasteiger partial charge in [-0.05, 0) is 30.7 Å². The topological polar surface area (TPSA) is 101 Å². The number of nitro groups is 1. The summed E-state index contributed by atoms with van der Waals surface area (Å²) in [7, 11) is 1.50. The highest BCUT2D eigenvalue weighted by molar-refractivity contribution is 7.09. The molecule has 0 saturated carbocycles. The van der Waals surface area contributed by atoms with Gasteiger partial charge in [-0.25, -0.2) is 9.78 Å². The minimum atomic E-state index is -0.420. The molecular weight excluding hydrogens is 408 g/mol. The Morgan fingerprint density at radius 3 is 2.60 bits per heavy atom. The van der Waals surface area contributed by atoms with Crippen LogP contribution in [0.15, 0.2) is 47.8 Å². The summed E-state index contributed by atoms with van der Waals surface area (Å²) in [6.07, 6.45) is 0.584. The Labute approximate surface area is 177 Å². The van der Waals surface area contributed by atoms with Crippen LogP contribution in [0.2, 0.25) is 0 Å². The van der Waals surface area contributed by atoms with E-state index >= 15 is 0 Å². The fourth-order valence-corrected chi connectivity index (χ4v) is 3.50. The molecule has 0 fully saturated rings. The fourth-order valence-electron chi connectivity index (χ4n) is 2.69. The largest absolute Gasteiger partial charge is 0.493 e. The smallest absolute Gasteiger partial charge is 0.338 e. The second-order valence-corrected chi connectivity index (χ2v) is 7.15. The number of esters is 1. The summed E-state index contributed by atoms with van der Waals surface area (Å²) in [5.41, 5.74) is 2.15. The van der Waals surface area contributed by atoms with E-state index in [1.165, 1.54) is 30.6 Å². The van der Waals surface area contributed by atoms with E-state index in [2.05, 4.69) is 4.98 Å². The molecule has 9 heteroatoms. The second kappa shape index (κ2) is 9.84. The summed E-state index contributed by atoms with van der Waals surface area (Å²) in [4.78, 5) is 26.7. The maximum atomic E-state index is 11.8. The lowest BCUT2D eigenvalue weighted by molar-refractivity contribution is -0.384. The van der Waals surface area contributed by atoms with Gasteiger partial charge >= 0.3 is 5.97 Å². The van der Waals surface area contributed by atoms with E-state index in [1.807, 2.05) is 5.38 Å². The van der Waals surface area contributed by atoms with Crippen LogP contribution in [0.4, 0.5) is 5.69 Å². The number of methoxy groups -OCH3 is 1. The van der Waals surface area contributed by atoms with Gasteiger partial charge in [0.05, 0.1) is 34.9 Å². The average molecular weight is 428 g/mol. The first-order valence-electron chi connectivity index (χ1n) is 9.14. The first-order valence-corrected chi connectivity index (χ1v) is 10.0. The van der Waals surface area contributed by atoms with E-state index in [9.17, 15) is 14.9 Å². The van der Waals surface area contributed by atoms with Crippen LogP contribution < -0.4 is 9.47 Å². The molecule has 30 heavy (non-hydrogen) atoms. The molecular formula is C21H20N2O6S. The zero-order valence-electron chi connectivity index (χ0n) is 16.5. The van der Waals surface area contributed by atoms with Crippen molar-refractivity contribution >= 4 is 23.0 Å². The summed E-state index contributed by atoms with van der Waals surface area (Å²) in [6, 6.07) is 11.3. The number of hydrogen-bond acceptors (Lipinski definition) is 8. The molecule has 0 N–H and O–H groups in total. The van der Waals surface area contributed by atoms with Crippen LogP contribution in [0, 0.1) is 10.1 Å². The Balaban J connectivity index is 1.62. The van der Waals surface area contributed by atoms with Crippen molar-refractivity contribution in [3.05, 3.63) is 79.8 Å². The summed E-state index contributed by atoms with van der Waals surface area (Å²) >= 11 is 1.49. The molecule has 0 radical (unpaired) electrons. The van der Waals surface area contributed by atoms with Crippen molar-refractivity contribution in [1.29, 1.82) is 0 Å². The third-order valence-corrected chi connectivity index (χ3v) is 5.05. The fraction of sp³-hybridized carbons (Fsp3) is 0.238. The number of benzene rings is 2. The third-order valence-electron chi connectivity index (χ3n) is 4.15. The lowest BCUT2D eigenvalue weighted by Gasteiger charge is -2.11. The number of aromatic nitrogens is 1. The molecule has 1 aromatic heterocycles. The molecule has 8 nitrogen and oxygen atoms in total. The minimum Gasteiger partial charge on any atom is -0.493 e. The maximum Gasteiger partial charge on any atom is 0.338 e. The van der Waals surface area contributed by atoms with E-state index in [1.54, 1.807) is 37.3 Å². The van der Waals surface area contributed by atoms with Gasteiger partial charge in [-0.1, -0.05) is 12.1 Å². The highest BCUT2D eigenvalue weighted by Gasteiger charge is 2.13. The lowest BCUT2D eigenvalue weighted by Crippen LogP contribution is -2.05. The van der Waals surface area contributed by atoms with Gasteiger partial charge in [0.25, 0.3) is 5.69 Å². The van der Waals surface area contributed by atoms with Crippen molar-refractivity contribution in [2.45, 2.75) is 20.0 Å². The van der Waals surface area contributed by atoms with Crippen molar-refractivity contribution in [2.24, 2.45) is 0 Å². The van der Waals surface area contributed by atoms with Gasteiger partial charge in [-0.15, -0.1) is 11.3 Å². The number of ether oxygens (including phenoxy) is 3. The highest BCUT2D eigenvalue weighted by Crippen LogP contribution is 2.29. The predicted octanol–water partition coefficient (Wildman–Crippen LogP) is 4.41. The molecule has 1 heterocycles. The Morgan fingerprint density at radius 2 is 1.93 bits per heavy atom. The Bertz CT molecular complexity index is 1030. The molecule has 0 aliphatic rings. The van der Waals surface area contributed by atoms with E-state index in [-0.39, 0.29) is 12.3 Å². The van der Waals surface area contributed by atoms with Gasteiger partial charge in [0.2, 0.25) is 0 Å². The van der Waals surface area contributed by atoms with Gasteiger partial charge in [0.1, 0.15) is 6.61 Å². The summed E-state index contributed by atoms with van der Waals surface area (Å²) in [5, 5.41) is 13.5. The predicted molar refractivity (Wildman–Crippen MR) is 111 cm³/mol. The standard InChI is InChI=1S/C21H20N2O6S/c1-3-28-21(24)15-6-9-18(19(11-15)27-2)29-12-16-13-30-20(22-16)10-14-4-7-17(8-5-14)23(25)26/h4-9,11,13H,3,10,12H2,1-2H3. The average Bonchev–Trinajstić information content (AvgIpc) is 3.20. The number of hydrogen-bond donors (Lipinski definition) is 0. The van der Waals surface area contributed by atoms with Crippen molar-refractivity contribution < 1.29 is 23.9 Å². The van der Waals surface area contributed by atoms with E-state index in [0.29, 0.717) is 30.1 Å². The number of carbonyl (C=O) groups excluding carboxylic acids is 1. The molecule has 0 saturated heterocycles. The molecule has 0 bridgehead atoms. The van der Waals surface area contributed by atoms with Crippen LogP contribution in [-0.2, 0) is 17.8 Å². The SMILES string of the molecule is CCOC(=O)c1ccc(OCc2csc(Cc3ccc([N+](=O)[O-])cc3)n2)c(OC)c1. The van der Waals surface area contributed by atoms with E-state index in [4.69, 9.17) is 14.2 Å². The summed E-state index contributed by atoms with van der Waals surface area (Å²) in [6.45, 7) is 2.29. The van der Waals surface area contributed by atoms with Crippen molar-refractivity contribution in [2.75, 3.05) is 13.7 Å². The molecule has 156 valence electrons. The van der Waals surface area contributed by atoms with Gasteiger partial charge in [-0.3, -0.25) is 10.1 Å². The van der Waals surface area contributed by atoms with E-state index in [0.717, 1.165) is 16.3 Å². The second-order valence-electron chi connectivity index (χ2n) is 6.21. The number of thiazole rings is 1. The first kappa shape index (κ1) is 21.3. The molecule has 0 spiro atoms. The third kappa shape index (κ3) is 5.32. The van der Waals surface area contributed by atoms with Gasteiger partial charge < -0.3 is 14.2 Å². The molecule has 0 aliphatic carbocycles.